The summed E-state index contributed by atoms with van der Waals surface area (Å²) < 4.78 is 26.0. The first-order chi connectivity index (χ1) is 11.3. The van der Waals surface area contributed by atoms with Crippen molar-refractivity contribution in [3.8, 4) is 0 Å². The van der Waals surface area contributed by atoms with Gasteiger partial charge in [-0.25, -0.2) is 13.2 Å². The van der Waals surface area contributed by atoms with Crippen LogP contribution in [0.3, 0.4) is 0 Å². The Bertz CT molecular complexity index is 733. The van der Waals surface area contributed by atoms with Gasteiger partial charge in [-0.3, -0.25) is 4.72 Å². The number of rotatable bonds is 6. The molecule has 0 unspecified atom stereocenters. The molecule has 0 bridgehead atoms. The molecule has 132 valence electrons. The van der Waals surface area contributed by atoms with Gasteiger partial charge in [0, 0.05) is 13.1 Å². The number of piperidine rings is 1. The molecule has 1 saturated carbocycles. The highest BCUT2D eigenvalue weighted by Crippen LogP contribution is 2.54. The van der Waals surface area contributed by atoms with Crippen LogP contribution in [0.5, 0.6) is 0 Å². The minimum atomic E-state index is -3.64. The highest BCUT2D eigenvalue weighted by molar-refractivity contribution is 7.92. The Kier molecular flexibility index (Phi) is 4.44. The molecule has 1 heterocycles. The summed E-state index contributed by atoms with van der Waals surface area (Å²) in [4.78, 5) is 13.5. The molecule has 8 heteroatoms. The van der Waals surface area contributed by atoms with Crippen molar-refractivity contribution in [3.63, 3.8) is 0 Å². The standard InChI is InChI=1S/C16H22N2O5S/c19-9-10-24(22,23)17-12-1-2-13(15(20)21)14(11-12)18-7-5-16(3-4-16)6-8-18/h1-2,11,17,19H,3-10H2,(H,20,21). The van der Waals surface area contributed by atoms with Crippen LogP contribution in [0.15, 0.2) is 18.2 Å². The van der Waals surface area contributed by atoms with E-state index in [1.54, 1.807) is 6.07 Å². The topological polar surface area (TPSA) is 107 Å². The number of aliphatic hydroxyl groups excluding tert-OH is 1. The monoisotopic (exact) mass is 354 g/mol. The average molecular weight is 354 g/mol. The predicted molar refractivity (Wildman–Crippen MR) is 91.0 cm³/mol. The Morgan fingerprint density at radius 2 is 1.88 bits per heavy atom. The zero-order chi connectivity index (χ0) is 17.4. The van der Waals surface area contributed by atoms with E-state index >= 15 is 0 Å². The largest absolute Gasteiger partial charge is 0.478 e. The molecule has 1 aliphatic heterocycles. The summed E-state index contributed by atoms with van der Waals surface area (Å²) in [7, 11) is -3.64. The predicted octanol–water partition coefficient (Wildman–Crippen LogP) is 1.50. The lowest BCUT2D eigenvalue weighted by atomic mass is 9.93. The van der Waals surface area contributed by atoms with E-state index in [4.69, 9.17) is 5.11 Å². The van der Waals surface area contributed by atoms with E-state index in [-0.39, 0.29) is 5.56 Å². The summed E-state index contributed by atoms with van der Waals surface area (Å²) in [5.41, 5.74) is 1.50. The molecule has 1 aromatic carbocycles. The fraction of sp³-hybridized carbons (Fsp3) is 0.562. The van der Waals surface area contributed by atoms with Crippen molar-refractivity contribution < 1.29 is 23.4 Å². The van der Waals surface area contributed by atoms with Gasteiger partial charge in [-0.15, -0.1) is 0 Å². The molecular formula is C16H22N2O5S. The minimum absolute atomic E-state index is 0.173. The van der Waals surface area contributed by atoms with E-state index < -0.39 is 28.4 Å². The molecule has 24 heavy (non-hydrogen) atoms. The van der Waals surface area contributed by atoms with Gasteiger partial charge < -0.3 is 15.1 Å². The van der Waals surface area contributed by atoms with Gasteiger partial charge >= 0.3 is 5.97 Å². The quantitative estimate of drug-likeness (QED) is 0.715. The summed E-state index contributed by atoms with van der Waals surface area (Å²) >= 11 is 0. The number of nitrogens with zero attached hydrogens (tertiary/aromatic N) is 1. The van der Waals surface area contributed by atoms with E-state index in [0.717, 1.165) is 25.9 Å². The normalized spacial score (nSPS) is 19.3. The van der Waals surface area contributed by atoms with Crippen LogP contribution in [0.1, 0.15) is 36.0 Å². The molecule has 0 aromatic heterocycles. The van der Waals surface area contributed by atoms with Crippen molar-refractivity contribution in [2.24, 2.45) is 5.41 Å². The number of nitrogens with one attached hydrogen (secondary N) is 1. The first-order valence-electron chi connectivity index (χ1n) is 8.08. The highest BCUT2D eigenvalue weighted by Gasteiger charge is 2.44. The van der Waals surface area contributed by atoms with Crippen LogP contribution >= 0.6 is 0 Å². The summed E-state index contributed by atoms with van der Waals surface area (Å²) in [5.74, 6) is -1.42. The molecule has 0 amide bonds. The fourth-order valence-electron chi connectivity index (χ4n) is 3.29. The van der Waals surface area contributed by atoms with Gasteiger partial charge in [0.25, 0.3) is 0 Å². The molecule has 7 nitrogen and oxygen atoms in total. The highest BCUT2D eigenvalue weighted by atomic mass is 32.2. The lowest BCUT2D eigenvalue weighted by Gasteiger charge is -2.34. The van der Waals surface area contributed by atoms with Crippen LogP contribution in [-0.2, 0) is 10.0 Å². The van der Waals surface area contributed by atoms with Gasteiger partial charge in [-0.2, -0.15) is 0 Å². The Balaban J connectivity index is 1.85. The lowest BCUT2D eigenvalue weighted by molar-refractivity contribution is 0.0697. The van der Waals surface area contributed by atoms with Gasteiger partial charge in [-0.05, 0) is 49.3 Å². The number of hydrogen-bond acceptors (Lipinski definition) is 5. The van der Waals surface area contributed by atoms with Crippen molar-refractivity contribution in [1.29, 1.82) is 0 Å². The second-order valence-corrected chi connectivity index (χ2v) is 8.51. The first-order valence-corrected chi connectivity index (χ1v) is 9.73. The number of carboxylic acids is 1. The number of aromatic carboxylic acids is 1. The summed E-state index contributed by atoms with van der Waals surface area (Å²) in [6.07, 6.45) is 4.61. The third-order valence-electron chi connectivity index (χ3n) is 4.98. The van der Waals surface area contributed by atoms with Crippen molar-refractivity contribution in [2.45, 2.75) is 25.7 Å². The SMILES string of the molecule is O=C(O)c1ccc(NS(=O)(=O)CCO)cc1N1CCC2(CC1)CC2. The van der Waals surface area contributed by atoms with E-state index in [2.05, 4.69) is 4.72 Å². The van der Waals surface area contributed by atoms with Gasteiger partial charge in [0.2, 0.25) is 10.0 Å². The lowest BCUT2D eigenvalue weighted by Crippen LogP contribution is -2.35. The van der Waals surface area contributed by atoms with Gasteiger partial charge in [0.1, 0.15) is 0 Å². The summed E-state index contributed by atoms with van der Waals surface area (Å²) in [6.45, 7) is 1.10. The maximum Gasteiger partial charge on any atom is 0.337 e. The molecule has 2 aliphatic rings. The molecular weight excluding hydrogens is 332 g/mol. The fourth-order valence-corrected chi connectivity index (χ4v) is 4.12. The maximum atomic E-state index is 11.8. The molecule has 1 aromatic rings. The third-order valence-corrected chi connectivity index (χ3v) is 6.25. The van der Waals surface area contributed by atoms with Crippen molar-refractivity contribution in [3.05, 3.63) is 23.8 Å². The summed E-state index contributed by atoms with van der Waals surface area (Å²) in [5, 5.41) is 18.2. The molecule has 0 atom stereocenters. The minimum Gasteiger partial charge on any atom is -0.478 e. The summed E-state index contributed by atoms with van der Waals surface area (Å²) in [6, 6.07) is 4.44. The van der Waals surface area contributed by atoms with Crippen LogP contribution in [0, 0.1) is 5.41 Å². The Morgan fingerprint density at radius 3 is 2.42 bits per heavy atom. The molecule has 3 rings (SSSR count). The smallest absolute Gasteiger partial charge is 0.337 e. The molecule has 0 radical (unpaired) electrons. The second kappa shape index (κ2) is 6.25. The van der Waals surface area contributed by atoms with Crippen LogP contribution < -0.4 is 9.62 Å². The van der Waals surface area contributed by atoms with Crippen molar-refractivity contribution in [2.75, 3.05) is 35.1 Å². The second-order valence-electron chi connectivity index (χ2n) is 6.67. The van der Waals surface area contributed by atoms with E-state index in [0.29, 0.717) is 16.8 Å². The first kappa shape index (κ1) is 17.0. The van der Waals surface area contributed by atoms with Crippen molar-refractivity contribution in [1.82, 2.24) is 0 Å². The Morgan fingerprint density at radius 1 is 1.21 bits per heavy atom. The van der Waals surface area contributed by atoms with Crippen LogP contribution in [0.4, 0.5) is 11.4 Å². The van der Waals surface area contributed by atoms with Crippen molar-refractivity contribution >= 4 is 27.4 Å². The average Bonchev–Trinajstić information content (AvgIpc) is 3.26. The van der Waals surface area contributed by atoms with Crippen LogP contribution in [0.25, 0.3) is 0 Å². The maximum absolute atomic E-state index is 11.8. The van der Waals surface area contributed by atoms with Gasteiger partial charge in [0.05, 0.1) is 29.3 Å². The third kappa shape index (κ3) is 3.64. The number of aliphatic hydroxyl groups is 1. The molecule has 1 aliphatic carbocycles. The number of carboxylic acid groups (broad SMARTS) is 1. The Hall–Kier alpha value is -1.80. The van der Waals surface area contributed by atoms with E-state index in [1.165, 1.54) is 25.0 Å². The number of sulfonamides is 1. The zero-order valence-electron chi connectivity index (χ0n) is 13.4. The number of hydrogen-bond donors (Lipinski definition) is 3. The molecule has 3 N–H and O–H groups in total. The molecule has 1 spiro atoms. The van der Waals surface area contributed by atoms with E-state index in [1.807, 2.05) is 4.90 Å². The Labute approximate surface area is 141 Å². The van der Waals surface area contributed by atoms with E-state index in [9.17, 15) is 18.3 Å². The van der Waals surface area contributed by atoms with Crippen LogP contribution in [-0.4, -0.2) is 50.0 Å². The number of carbonyl (C=O) groups is 1. The zero-order valence-corrected chi connectivity index (χ0v) is 14.2. The van der Waals surface area contributed by atoms with Gasteiger partial charge in [-0.1, -0.05) is 0 Å². The molecule has 2 fully saturated rings. The number of anilines is 2. The van der Waals surface area contributed by atoms with Gasteiger partial charge in [0.15, 0.2) is 0 Å². The number of benzene rings is 1. The molecule has 1 saturated heterocycles. The van der Waals surface area contributed by atoms with Crippen LogP contribution in [0.2, 0.25) is 0 Å².